The van der Waals surface area contributed by atoms with Gasteiger partial charge in [0, 0.05) is 29.3 Å². The van der Waals surface area contributed by atoms with Crippen molar-refractivity contribution in [3.05, 3.63) is 64.7 Å². The van der Waals surface area contributed by atoms with Gasteiger partial charge in [0.15, 0.2) is 0 Å². The number of rotatable bonds is 7. The standard InChI is InChI=1S/C24H27ClN6O/c25-18-8-20(21-13-28-30-22(21)9-18)24(32)27-12-19-15-31-14-17(6-7-23(31)29-19)11-26-10-16-4-2-1-3-5-16/h6-9,13-16,26H,1-5,10-12H2,(H,27,32)(H,28,30). The van der Waals surface area contributed by atoms with E-state index < -0.39 is 0 Å². The number of imidazole rings is 1. The summed E-state index contributed by atoms with van der Waals surface area (Å²) in [5, 5.41) is 14.6. The van der Waals surface area contributed by atoms with Gasteiger partial charge in [-0.1, -0.05) is 36.9 Å². The number of aromatic amines is 1. The molecule has 4 aromatic rings. The molecule has 166 valence electrons. The molecule has 1 aliphatic rings. The van der Waals surface area contributed by atoms with E-state index in [0.29, 0.717) is 17.1 Å². The van der Waals surface area contributed by atoms with Crippen molar-refractivity contribution in [2.24, 2.45) is 5.92 Å². The van der Waals surface area contributed by atoms with Crippen LogP contribution in [-0.2, 0) is 13.1 Å². The number of hydrogen-bond acceptors (Lipinski definition) is 4. The summed E-state index contributed by atoms with van der Waals surface area (Å²) in [6.45, 7) is 2.28. The molecule has 3 aromatic heterocycles. The Labute approximate surface area is 191 Å². The van der Waals surface area contributed by atoms with Crippen LogP contribution in [0.2, 0.25) is 5.02 Å². The Morgan fingerprint density at radius 2 is 2.03 bits per heavy atom. The van der Waals surface area contributed by atoms with E-state index in [1.54, 1.807) is 18.3 Å². The van der Waals surface area contributed by atoms with Gasteiger partial charge in [0.25, 0.3) is 5.91 Å². The summed E-state index contributed by atoms with van der Waals surface area (Å²) >= 11 is 6.14. The first-order chi connectivity index (χ1) is 15.7. The van der Waals surface area contributed by atoms with Crippen molar-refractivity contribution in [1.29, 1.82) is 0 Å². The molecule has 1 aromatic carbocycles. The third kappa shape index (κ3) is 4.64. The average Bonchev–Trinajstić information content (AvgIpc) is 3.43. The molecular weight excluding hydrogens is 424 g/mol. The number of carbonyl (C=O) groups is 1. The SMILES string of the molecule is O=C(NCc1cn2cc(CNCC3CCCCC3)ccc2n1)c1cc(Cl)cc2[nH]ncc12. The first kappa shape index (κ1) is 21.0. The third-order valence-electron chi connectivity index (χ3n) is 6.25. The van der Waals surface area contributed by atoms with Gasteiger partial charge in [0.05, 0.1) is 29.5 Å². The minimum atomic E-state index is -0.205. The number of fused-ring (bicyclic) bond motifs is 2. The van der Waals surface area contributed by atoms with E-state index >= 15 is 0 Å². The number of carbonyl (C=O) groups excluding carboxylic acids is 1. The van der Waals surface area contributed by atoms with Crippen LogP contribution in [0.4, 0.5) is 0 Å². The molecule has 32 heavy (non-hydrogen) atoms. The maximum atomic E-state index is 12.7. The molecule has 1 saturated carbocycles. The number of nitrogens with one attached hydrogen (secondary N) is 3. The van der Waals surface area contributed by atoms with Gasteiger partial charge in [-0.15, -0.1) is 0 Å². The van der Waals surface area contributed by atoms with Crippen LogP contribution in [0.5, 0.6) is 0 Å². The fourth-order valence-electron chi connectivity index (χ4n) is 4.56. The highest BCUT2D eigenvalue weighted by molar-refractivity contribution is 6.32. The molecule has 0 spiro atoms. The fraction of sp³-hybridized carbons (Fsp3) is 0.375. The molecular formula is C24H27ClN6O. The van der Waals surface area contributed by atoms with Gasteiger partial charge < -0.3 is 15.0 Å². The highest BCUT2D eigenvalue weighted by Crippen LogP contribution is 2.23. The molecule has 0 unspecified atom stereocenters. The summed E-state index contributed by atoms with van der Waals surface area (Å²) in [6, 6.07) is 7.55. The minimum absolute atomic E-state index is 0.205. The van der Waals surface area contributed by atoms with Gasteiger partial charge in [-0.05, 0) is 49.1 Å². The van der Waals surface area contributed by atoms with Crippen molar-refractivity contribution in [3.8, 4) is 0 Å². The number of amides is 1. The molecule has 1 fully saturated rings. The van der Waals surface area contributed by atoms with Crippen molar-refractivity contribution in [2.45, 2.75) is 45.2 Å². The summed E-state index contributed by atoms with van der Waals surface area (Å²) in [7, 11) is 0. The first-order valence-corrected chi connectivity index (χ1v) is 11.6. The number of aromatic nitrogens is 4. The largest absolute Gasteiger partial charge is 0.346 e. The molecule has 0 bridgehead atoms. The lowest BCUT2D eigenvalue weighted by molar-refractivity contribution is 0.0952. The molecule has 3 heterocycles. The van der Waals surface area contributed by atoms with Crippen LogP contribution in [0, 0.1) is 5.92 Å². The maximum Gasteiger partial charge on any atom is 0.252 e. The minimum Gasteiger partial charge on any atom is -0.346 e. The molecule has 5 rings (SSSR count). The smallest absolute Gasteiger partial charge is 0.252 e. The van der Waals surface area contributed by atoms with Gasteiger partial charge >= 0.3 is 0 Å². The van der Waals surface area contributed by atoms with Crippen molar-refractivity contribution < 1.29 is 4.79 Å². The number of nitrogens with zero attached hydrogens (tertiary/aromatic N) is 3. The quantitative estimate of drug-likeness (QED) is 0.388. The Hall–Kier alpha value is -2.90. The lowest BCUT2D eigenvalue weighted by Crippen LogP contribution is -2.24. The van der Waals surface area contributed by atoms with Crippen LogP contribution < -0.4 is 10.6 Å². The van der Waals surface area contributed by atoms with Crippen LogP contribution in [0.25, 0.3) is 16.6 Å². The number of hydrogen-bond donors (Lipinski definition) is 3. The lowest BCUT2D eigenvalue weighted by atomic mass is 9.89. The van der Waals surface area contributed by atoms with Gasteiger partial charge in [-0.25, -0.2) is 4.98 Å². The van der Waals surface area contributed by atoms with E-state index in [4.69, 9.17) is 11.6 Å². The number of halogens is 1. The summed E-state index contributed by atoms with van der Waals surface area (Å²) in [6.07, 6.45) is 12.5. The van der Waals surface area contributed by atoms with Crippen LogP contribution in [-0.4, -0.2) is 32.0 Å². The Morgan fingerprint density at radius 1 is 1.16 bits per heavy atom. The van der Waals surface area contributed by atoms with Crippen LogP contribution in [0.15, 0.2) is 42.9 Å². The molecule has 1 aliphatic carbocycles. The monoisotopic (exact) mass is 450 g/mol. The van der Waals surface area contributed by atoms with Crippen molar-refractivity contribution >= 4 is 34.1 Å². The predicted octanol–water partition coefficient (Wildman–Crippen LogP) is 4.46. The Kier molecular flexibility index (Phi) is 6.10. The molecule has 7 nitrogen and oxygen atoms in total. The van der Waals surface area contributed by atoms with Crippen LogP contribution in [0.1, 0.15) is 53.7 Å². The van der Waals surface area contributed by atoms with Gasteiger partial charge in [0.1, 0.15) is 5.65 Å². The molecule has 0 radical (unpaired) electrons. The average molecular weight is 451 g/mol. The van der Waals surface area contributed by atoms with Gasteiger partial charge in [-0.2, -0.15) is 5.10 Å². The summed E-state index contributed by atoms with van der Waals surface area (Å²) < 4.78 is 2.02. The van der Waals surface area contributed by atoms with Gasteiger partial charge in [0.2, 0.25) is 0 Å². The summed E-state index contributed by atoms with van der Waals surface area (Å²) in [5.41, 5.74) is 4.13. The highest BCUT2D eigenvalue weighted by Gasteiger charge is 2.14. The zero-order valence-electron chi connectivity index (χ0n) is 17.9. The van der Waals surface area contributed by atoms with Crippen LogP contribution in [0.3, 0.4) is 0 Å². The van der Waals surface area contributed by atoms with Gasteiger partial charge in [-0.3, -0.25) is 9.89 Å². The van der Waals surface area contributed by atoms with Crippen LogP contribution >= 0.6 is 11.6 Å². The fourth-order valence-corrected chi connectivity index (χ4v) is 4.78. The number of pyridine rings is 1. The molecule has 0 saturated heterocycles. The van der Waals surface area contributed by atoms with E-state index in [0.717, 1.165) is 41.3 Å². The number of H-pyrrole nitrogens is 1. The zero-order chi connectivity index (χ0) is 21.9. The van der Waals surface area contributed by atoms with E-state index in [1.165, 1.54) is 37.7 Å². The highest BCUT2D eigenvalue weighted by atomic mass is 35.5. The molecule has 0 aliphatic heterocycles. The lowest BCUT2D eigenvalue weighted by Gasteiger charge is -2.21. The van der Waals surface area contributed by atoms with Crippen molar-refractivity contribution in [3.63, 3.8) is 0 Å². The molecule has 1 amide bonds. The second kappa shape index (κ2) is 9.30. The number of benzene rings is 1. The summed E-state index contributed by atoms with van der Waals surface area (Å²) in [4.78, 5) is 17.4. The Morgan fingerprint density at radius 3 is 2.91 bits per heavy atom. The molecule has 8 heteroatoms. The normalized spacial score (nSPS) is 14.9. The van der Waals surface area contributed by atoms with Crippen molar-refractivity contribution in [1.82, 2.24) is 30.2 Å². The van der Waals surface area contributed by atoms with E-state index in [-0.39, 0.29) is 5.91 Å². The summed E-state index contributed by atoms with van der Waals surface area (Å²) in [5.74, 6) is 0.613. The molecule has 3 N–H and O–H groups in total. The molecule has 0 atom stereocenters. The maximum absolute atomic E-state index is 12.7. The zero-order valence-corrected chi connectivity index (χ0v) is 18.7. The Balaban J connectivity index is 1.21. The van der Waals surface area contributed by atoms with E-state index in [9.17, 15) is 4.79 Å². The third-order valence-corrected chi connectivity index (χ3v) is 6.47. The first-order valence-electron chi connectivity index (χ1n) is 11.2. The second-order valence-corrected chi connectivity index (χ2v) is 9.07. The second-order valence-electron chi connectivity index (χ2n) is 8.64. The topological polar surface area (TPSA) is 87.1 Å². The predicted molar refractivity (Wildman–Crippen MR) is 126 cm³/mol. The Bertz CT molecular complexity index is 1240. The van der Waals surface area contributed by atoms with Crippen molar-refractivity contribution in [2.75, 3.05) is 6.54 Å². The van der Waals surface area contributed by atoms with E-state index in [2.05, 4.69) is 38.1 Å². The van der Waals surface area contributed by atoms with E-state index in [1.807, 2.05) is 16.7 Å².